The molecule has 5 atom stereocenters. The summed E-state index contributed by atoms with van der Waals surface area (Å²) in [6.45, 7) is 3.74. The molecule has 0 spiro atoms. The number of carboxylic acids is 1. The van der Waals surface area contributed by atoms with E-state index in [-0.39, 0.29) is 53.0 Å². The third-order valence-electron chi connectivity index (χ3n) is 6.74. The highest BCUT2D eigenvalue weighted by atomic mass is 32.2. The number of nitrogen functional groups attached to an aromatic ring is 1. The number of aliphatic carboxylic acids is 1. The van der Waals surface area contributed by atoms with E-state index in [1.807, 2.05) is 29.6 Å². The highest BCUT2D eigenvalue weighted by molar-refractivity contribution is 8.03. The lowest BCUT2D eigenvalue weighted by atomic mass is 9.86. The molecule has 1 aromatic rings. The Hall–Kier alpha value is -3.55. The standard InChI is InChI=1S/C22H27N9O7S3/c1-3-37-27-13(15-26-20(23)40-28-15)16(33)25-14-17(34)31-9-22(19(35)36,10-39-18(14)31)8-29-7-12-30(5-6-41(12)4-2)21(29)38-24-11-32/h5-7,11,14,18,21H,3-4,8-10H2,1-2H3,(H4-,23,24,25,26,28,32,33,35,36)/t14-,18-,21?,22?,41?/m1/s1. The average molecular weight is 626 g/mol. The summed E-state index contributed by atoms with van der Waals surface area (Å²) in [5, 5.41) is 21.6. The first-order chi connectivity index (χ1) is 19.7. The first-order valence-corrected chi connectivity index (χ1v) is 15.7. The summed E-state index contributed by atoms with van der Waals surface area (Å²) in [7, 11) is -0.192. The van der Waals surface area contributed by atoms with Gasteiger partial charge in [0.2, 0.25) is 30.2 Å². The van der Waals surface area contributed by atoms with Gasteiger partial charge in [0.15, 0.2) is 5.13 Å². The predicted octanol–water partition coefficient (Wildman–Crippen LogP) is -2.50. The second-order valence-electron chi connectivity index (χ2n) is 9.23. The Morgan fingerprint density at radius 2 is 2.22 bits per heavy atom. The van der Waals surface area contributed by atoms with E-state index in [2.05, 4.69) is 25.3 Å². The molecule has 3 unspecified atom stereocenters. The van der Waals surface area contributed by atoms with E-state index in [0.29, 0.717) is 6.41 Å². The van der Waals surface area contributed by atoms with Crippen LogP contribution in [0.4, 0.5) is 5.13 Å². The first-order valence-electron chi connectivity index (χ1n) is 12.5. The quantitative estimate of drug-likeness (QED) is 0.0722. The number of hydrogen-bond donors (Lipinski definition) is 3. The molecule has 220 valence electrons. The van der Waals surface area contributed by atoms with Gasteiger partial charge in [0, 0.05) is 30.4 Å². The van der Waals surface area contributed by atoms with Crippen LogP contribution in [0.3, 0.4) is 0 Å². The molecule has 0 bridgehead atoms. The fourth-order valence-electron chi connectivity index (χ4n) is 4.80. The van der Waals surface area contributed by atoms with Crippen molar-refractivity contribution in [3.8, 4) is 0 Å². The number of nitrogens with one attached hydrogen (secondary N) is 2. The number of β-lactam (4-membered cyclic amide) rings is 1. The number of oxime groups is 1. The van der Waals surface area contributed by atoms with Crippen molar-refractivity contribution in [1.82, 2.24) is 34.9 Å². The van der Waals surface area contributed by atoms with Gasteiger partial charge in [0.1, 0.15) is 29.2 Å². The number of amides is 3. The highest BCUT2D eigenvalue weighted by Crippen LogP contribution is 2.44. The summed E-state index contributed by atoms with van der Waals surface area (Å²) in [5.74, 6) is -1.58. The number of nitrogens with zero attached hydrogens (tertiary/aromatic N) is 6. The Bertz CT molecular complexity index is 1320. The van der Waals surface area contributed by atoms with Crippen molar-refractivity contribution in [2.45, 2.75) is 31.6 Å². The number of hydroxylamine groups is 1. The maximum absolute atomic E-state index is 13.2. The summed E-state index contributed by atoms with van der Waals surface area (Å²) in [6, 6.07) is -0.918. The number of aromatic nitrogens is 2. The molecule has 5 rings (SSSR count). The summed E-state index contributed by atoms with van der Waals surface area (Å²) < 4.78 is 4.00. The molecule has 2 saturated heterocycles. The van der Waals surface area contributed by atoms with E-state index in [4.69, 9.17) is 15.4 Å². The Balaban J connectivity index is 1.29. The lowest BCUT2D eigenvalue weighted by Crippen LogP contribution is -2.75. The van der Waals surface area contributed by atoms with Crippen LogP contribution in [-0.2, 0) is 39.7 Å². The Kier molecular flexibility index (Phi) is 8.30. The number of fused-ring (bicyclic) bond motifs is 2. The van der Waals surface area contributed by atoms with Crippen molar-refractivity contribution in [1.29, 1.82) is 0 Å². The van der Waals surface area contributed by atoms with Crippen molar-refractivity contribution >= 4 is 69.2 Å². The van der Waals surface area contributed by atoms with Crippen LogP contribution in [-0.4, -0.2) is 103 Å². The van der Waals surface area contributed by atoms with E-state index in [0.717, 1.165) is 22.3 Å². The lowest BCUT2D eigenvalue weighted by molar-refractivity contribution is -0.320. The van der Waals surface area contributed by atoms with Gasteiger partial charge in [-0.3, -0.25) is 19.3 Å². The molecule has 19 heteroatoms. The van der Waals surface area contributed by atoms with Gasteiger partial charge in [-0.1, -0.05) is 5.16 Å². The molecule has 0 aliphatic carbocycles. The zero-order valence-electron chi connectivity index (χ0n) is 21.9. The third-order valence-corrected chi connectivity index (χ3v) is 10.8. The number of carbonyl (C=O) groups is 4. The van der Waals surface area contributed by atoms with Crippen molar-refractivity contribution in [3.63, 3.8) is 0 Å². The maximum atomic E-state index is 13.2. The molecule has 0 aromatic carbocycles. The van der Waals surface area contributed by atoms with Crippen LogP contribution in [0, 0.1) is 5.41 Å². The summed E-state index contributed by atoms with van der Waals surface area (Å²) >= 11 is 2.11. The molecule has 5 heterocycles. The van der Waals surface area contributed by atoms with E-state index in [9.17, 15) is 24.3 Å². The van der Waals surface area contributed by atoms with Gasteiger partial charge < -0.3 is 35.6 Å². The number of anilines is 1. The number of carboxylic acid groups (broad SMARTS) is 1. The SMILES string of the molecule is CCON=C(C(=O)N[C@@H]1C(=O)N2CC(CN3C=C4N(C=C[S+]4CC)C3ONC=O)(C(=O)[O-])CS[C@H]12)c1nsc(N)n1. The zero-order chi connectivity index (χ0) is 29.3. The number of nitrogens with two attached hydrogens (primary N) is 1. The first kappa shape index (κ1) is 29.0. The van der Waals surface area contributed by atoms with Gasteiger partial charge in [-0.15, -0.1) is 11.8 Å². The maximum Gasteiger partial charge on any atom is 0.278 e. The van der Waals surface area contributed by atoms with Crippen LogP contribution in [0.15, 0.2) is 28.0 Å². The molecule has 0 saturated carbocycles. The molecule has 4 aliphatic rings. The van der Waals surface area contributed by atoms with Crippen LogP contribution in [0.25, 0.3) is 0 Å². The van der Waals surface area contributed by atoms with Crippen LogP contribution < -0.4 is 21.6 Å². The molecule has 3 amide bonds. The molecule has 4 N–H and O–H groups in total. The highest BCUT2D eigenvalue weighted by Gasteiger charge is 2.57. The van der Waals surface area contributed by atoms with Gasteiger partial charge >= 0.3 is 0 Å². The third kappa shape index (κ3) is 5.29. The van der Waals surface area contributed by atoms with Gasteiger partial charge in [-0.2, -0.15) is 9.36 Å². The van der Waals surface area contributed by atoms with E-state index < -0.39 is 41.0 Å². The summed E-state index contributed by atoms with van der Waals surface area (Å²) in [5.41, 5.74) is 6.16. The average Bonchev–Trinajstić information content (AvgIpc) is 3.66. The van der Waals surface area contributed by atoms with Gasteiger partial charge in [-0.05, 0) is 13.8 Å². The van der Waals surface area contributed by atoms with Crippen molar-refractivity contribution in [2.24, 2.45) is 10.6 Å². The van der Waals surface area contributed by atoms with Gasteiger partial charge in [-0.25, -0.2) is 10.3 Å². The topological polar surface area (TPSA) is 208 Å². The van der Waals surface area contributed by atoms with Crippen LogP contribution in [0.2, 0.25) is 0 Å². The van der Waals surface area contributed by atoms with E-state index in [1.54, 1.807) is 11.8 Å². The monoisotopic (exact) mass is 625 g/mol. The number of hydrogen-bond acceptors (Lipinski definition) is 15. The van der Waals surface area contributed by atoms with Crippen molar-refractivity contribution in [2.75, 3.05) is 36.9 Å². The molecule has 16 nitrogen and oxygen atoms in total. The fourth-order valence-corrected chi connectivity index (χ4v) is 8.35. The van der Waals surface area contributed by atoms with Crippen LogP contribution in [0.5, 0.6) is 0 Å². The molecule has 2 fully saturated rings. The van der Waals surface area contributed by atoms with Gasteiger partial charge in [0.25, 0.3) is 10.9 Å². The van der Waals surface area contributed by atoms with Crippen molar-refractivity contribution < 1.29 is 34.0 Å². The normalized spacial score (nSPS) is 28.5. The predicted molar refractivity (Wildman–Crippen MR) is 148 cm³/mol. The molecule has 0 radical (unpaired) electrons. The summed E-state index contributed by atoms with van der Waals surface area (Å²) in [4.78, 5) is 69.1. The van der Waals surface area contributed by atoms with Crippen LogP contribution >= 0.6 is 23.3 Å². The second kappa shape index (κ2) is 11.7. The Labute approximate surface area is 245 Å². The smallest absolute Gasteiger partial charge is 0.278 e. The number of rotatable bonds is 12. The lowest BCUT2D eigenvalue weighted by Gasteiger charge is -2.56. The van der Waals surface area contributed by atoms with E-state index in [1.165, 1.54) is 16.7 Å². The Morgan fingerprint density at radius 1 is 1.41 bits per heavy atom. The number of carbonyl (C=O) groups excluding carboxylic acids is 4. The largest absolute Gasteiger partial charge is 0.549 e. The van der Waals surface area contributed by atoms with E-state index >= 15 is 0 Å². The minimum absolute atomic E-state index is 0.0313. The summed E-state index contributed by atoms with van der Waals surface area (Å²) in [6.07, 6.45) is 3.26. The van der Waals surface area contributed by atoms with Gasteiger partial charge in [0.05, 0.1) is 34.7 Å². The fraction of sp³-hybridized carbons (Fsp3) is 0.500. The minimum Gasteiger partial charge on any atom is -0.549 e. The van der Waals surface area contributed by atoms with Crippen molar-refractivity contribution in [3.05, 3.63) is 28.7 Å². The molecular weight excluding hydrogens is 598 g/mol. The second-order valence-corrected chi connectivity index (χ2v) is 13.2. The molecule has 4 aliphatic heterocycles. The zero-order valence-corrected chi connectivity index (χ0v) is 24.4. The van der Waals surface area contributed by atoms with Crippen LogP contribution in [0.1, 0.15) is 19.7 Å². The molecule has 1 aromatic heterocycles. The molecular formula is C22H27N9O7S3. The number of thioether (sulfide) groups is 1. The molecule has 41 heavy (non-hydrogen) atoms. The Morgan fingerprint density at radius 3 is 2.88 bits per heavy atom. The minimum atomic E-state index is -1.45.